The summed E-state index contributed by atoms with van der Waals surface area (Å²) in [4.78, 5) is 0. The van der Waals surface area contributed by atoms with E-state index >= 15 is 0 Å². The lowest BCUT2D eigenvalue weighted by Crippen LogP contribution is -2.22. The molecule has 0 fully saturated rings. The summed E-state index contributed by atoms with van der Waals surface area (Å²) in [6.45, 7) is 10.4. The molecule has 1 unspecified atom stereocenters. The molecule has 2 rings (SSSR count). The van der Waals surface area contributed by atoms with Crippen LogP contribution in [-0.2, 0) is 6.42 Å². The zero-order chi connectivity index (χ0) is 15.4. The Morgan fingerprint density at radius 2 is 2.10 bits per heavy atom. The number of aryl methyl sites for hydroxylation is 1. The van der Waals surface area contributed by atoms with E-state index in [9.17, 15) is 4.39 Å². The summed E-state index contributed by atoms with van der Waals surface area (Å²) < 4.78 is 15.2. The molecule has 0 amide bonds. The predicted molar refractivity (Wildman–Crippen MR) is 84.4 cm³/mol. The molecule has 0 radical (unpaired) electrons. The minimum atomic E-state index is -0.234. The number of halogens is 1. The molecule has 1 atom stereocenters. The molecule has 0 bridgehead atoms. The number of aromatic nitrogens is 2. The Balaban J connectivity index is 2.25. The van der Waals surface area contributed by atoms with Gasteiger partial charge in [0.25, 0.3) is 0 Å². The topological polar surface area (TPSA) is 29.9 Å². The molecule has 0 aliphatic rings. The summed E-state index contributed by atoms with van der Waals surface area (Å²) in [5, 5.41) is 7.96. The lowest BCUT2D eigenvalue weighted by Gasteiger charge is -2.12. The standard InChI is InChI=1S/C17H24FN3/c1-5-19-11-12(2)9-17-13(3)20-21(14(17)4)16-8-6-7-15(18)10-16/h6-8,10,12,19H,5,9,11H2,1-4H3. The van der Waals surface area contributed by atoms with Crippen molar-refractivity contribution in [2.24, 2.45) is 5.92 Å². The smallest absolute Gasteiger partial charge is 0.125 e. The third-order valence-electron chi connectivity index (χ3n) is 3.79. The first kappa shape index (κ1) is 15.7. The number of benzene rings is 1. The minimum Gasteiger partial charge on any atom is -0.317 e. The van der Waals surface area contributed by atoms with Crippen molar-refractivity contribution in [1.29, 1.82) is 0 Å². The molecule has 4 heteroatoms. The van der Waals surface area contributed by atoms with E-state index in [-0.39, 0.29) is 5.82 Å². The molecule has 1 heterocycles. The minimum absolute atomic E-state index is 0.234. The van der Waals surface area contributed by atoms with Crippen molar-refractivity contribution in [2.75, 3.05) is 13.1 Å². The Morgan fingerprint density at radius 1 is 1.33 bits per heavy atom. The lowest BCUT2D eigenvalue weighted by molar-refractivity contribution is 0.519. The van der Waals surface area contributed by atoms with Crippen molar-refractivity contribution in [3.05, 3.63) is 47.0 Å². The molecule has 0 aliphatic heterocycles. The summed E-state index contributed by atoms with van der Waals surface area (Å²) in [7, 11) is 0. The van der Waals surface area contributed by atoms with Crippen molar-refractivity contribution in [3.63, 3.8) is 0 Å². The first-order valence-corrected chi connectivity index (χ1v) is 7.54. The van der Waals surface area contributed by atoms with E-state index in [1.165, 1.54) is 17.7 Å². The maximum Gasteiger partial charge on any atom is 0.125 e. The SMILES string of the molecule is CCNCC(C)Cc1c(C)nn(-c2cccc(F)c2)c1C. The van der Waals surface area contributed by atoms with Crippen LogP contribution < -0.4 is 5.32 Å². The second-order valence-corrected chi connectivity index (χ2v) is 5.66. The summed E-state index contributed by atoms with van der Waals surface area (Å²) >= 11 is 0. The molecule has 3 nitrogen and oxygen atoms in total. The van der Waals surface area contributed by atoms with Crippen molar-refractivity contribution in [2.45, 2.75) is 34.1 Å². The Bertz CT molecular complexity index is 604. The monoisotopic (exact) mass is 289 g/mol. The molecule has 0 spiro atoms. The van der Waals surface area contributed by atoms with Crippen LogP contribution in [0, 0.1) is 25.6 Å². The second kappa shape index (κ2) is 6.85. The van der Waals surface area contributed by atoms with E-state index in [2.05, 4.69) is 31.2 Å². The fourth-order valence-corrected chi connectivity index (χ4v) is 2.64. The van der Waals surface area contributed by atoms with E-state index in [4.69, 9.17) is 0 Å². The number of rotatable bonds is 6. The van der Waals surface area contributed by atoms with E-state index in [0.717, 1.165) is 36.6 Å². The Morgan fingerprint density at radius 3 is 2.76 bits per heavy atom. The van der Waals surface area contributed by atoms with Gasteiger partial charge in [-0.1, -0.05) is 19.9 Å². The first-order chi connectivity index (χ1) is 10.0. The molecule has 0 saturated carbocycles. The highest BCUT2D eigenvalue weighted by molar-refractivity contribution is 5.37. The molecule has 1 N–H and O–H groups in total. The van der Waals surface area contributed by atoms with E-state index < -0.39 is 0 Å². The van der Waals surface area contributed by atoms with Crippen molar-refractivity contribution in [3.8, 4) is 5.69 Å². The molecule has 1 aromatic heterocycles. The van der Waals surface area contributed by atoms with Crippen LogP contribution in [0.25, 0.3) is 5.69 Å². The Hall–Kier alpha value is -1.68. The van der Waals surface area contributed by atoms with Crippen LogP contribution in [0.3, 0.4) is 0 Å². The molecule has 0 aliphatic carbocycles. The molecule has 0 saturated heterocycles. The highest BCUT2D eigenvalue weighted by atomic mass is 19.1. The molecule has 2 aromatic rings. The van der Waals surface area contributed by atoms with Crippen molar-refractivity contribution < 1.29 is 4.39 Å². The molecular formula is C17H24FN3. The van der Waals surface area contributed by atoms with Crippen LogP contribution in [0.15, 0.2) is 24.3 Å². The first-order valence-electron chi connectivity index (χ1n) is 7.54. The average molecular weight is 289 g/mol. The van der Waals surface area contributed by atoms with Gasteiger partial charge >= 0.3 is 0 Å². The number of hydrogen-bond acceptors (Lipinski definition) is 2. The van der Waals surface area contributed by atoms with Gasteiger partial charge in [-0.05, 0) is 63.0 Å². The third-order valence-corrected chi connectivity index (χ3v) is 3.79. The quantitative estimate of drug-likeness (QED) is 0.883. The van der Waals surface area contributed by atoms with E-state index in [0.29, 0.717) is 5.92 Å². The van der Waals surface area contributed by atoms with Gasteiger partial charge in [0.1, 0.15) is 5.82 Å². The van der Waals surface area contributed by atoms with Gasteiger partial charge < -0.3 is 5.32 Å². The second-order valence-electron chi connectivity index (χ2n) is 5.66. The van der Waals surface area contributed by atoms with E-state index in [1.54, 1.807) is 6.07 Å². The number of hydrogen-bond donors (Lipinski definition) is 1. The van der Waals surface area contributed by atoms with Gasteiger partial charge in [-0.2, -0.15) is 5.10 Å². The fraction of sp³-hybridized carbons (Fsp3) is 0.471. The number of nitrogens with one attached hydrogen (secondary N) is 1. The fourth-order valence-electron chi connectivity index (χ4n) is 2.64. The summed E-state index contributed by atoms with van der Waals surface area (Å²) in [5.41, 5.74) is 4.17. The summed E-state index contributed by atoms with van der Waals surface area (Å²) in [6, 6.07) is 6.57. The van der Waals surface area contributed by atoms with Crippen LogP contribution in [-0.4, -0.2) is 22.9 Å². The van der Waals surface area contributed by atoms with Crippen LogP contribution in [0.1, 0.15) is 30.8 Å². The van der Waals surface area contributed by atoms with E-state index in [1.807, 2.05) is 17.7 Å². The zero-order valence-corrected chi connectivity index (χ0v) is 13.3. The molecule has 114 valence electrons. The predicted octanol–water partition coefficient (Wildman–Crippen LogP) is 3.42. The summed E-state index contributed by atoms with van der Waals surface area (Å²) in [6.07, 6.45) is 0.986. The van der Waals surface area contributed by atoms with Crippen LogP contribution in [0.5, 0.6) is 0 Å². The maximum absolute atomic E-state index is 13.4. The van der Waals surface area contributed by atoms with Gasteiger partial charge in [0.15, 0.2) is 0 Å². The lowest BCUT2D eigenvalue weighted by atomic mass is 9.99. The van der Waals surface area contributed by atoms with Gasteiger partial charge in [-0.15, -0.1) is 0 Å². The molecule has 1 aromatic carbocycles. The molecule has 21 heavy (non-hydrogen) atoms. The van der Waals surface area contributed by atoms with Crippen LogP contribution in [0.2, 0.25) is 0 Å². The number of nitrogens with zero attached hydrogens (tertiary/aromatic N) is 2. The highest BCUT2D eigenvalue weighted by Crippen LogP contribution is 2.21. The van der Waals surface area contributed by atoms with Crippen molar-refractivity contribution >= 4 is 0 Å². The third kappa shape index (κ3) is 3.70. The Labute approximate surface area is 126 Å². The maximum atomic E-state index is 13.4. The zero-order valence-electron chi connectivity index (χ0n) is 13.3. The van der Waals surface area contributed by atoms with Gasteiger partial charge in [-0.3, -0.25) is 0 Å². The van der Waals surface area contributed by atoms with Gasteiger partial charge in [0.2, 0.25) is 0 Å². The van der Waals surface area contributed by atoms with Gasteiger partial charge in [0.05, 0.1) is 11.4 Å². The average Bonchev–Trinajstić information content (AvgIpc) is 2.73. The van der Waals surface area contributed by atoms with Gasteiger partial charge in [0, 0.05) is 5.69 Å². The Kier molecular flexibility index (Phi) is 5.12. The van der Waals surface area contributed by atoms with Crippen LogP contribution in [0.4, 0.5) is 4.39 Å². The van der Waals surface area contributed by atoms with Crippen molar-refractivity contribution in [1.82, 2.24) is 15.1 Å². The largest absolute Gasteiger partial charge is 0.317 e. The summed E-state index contributed by atoms with van der Waals surface area (Å²) in [5.74, 6) is 0.314. The van der Waals surface area contributed by atoms with Crippen LogP contribution >= 0.6 is 0 Å². The molecular weight excluding hydrogens is 265 g/mol. The highest BCUT2D eigenvalue weighted by Gasteiger charge is 2.15. The van der Waals surface area contributed by atoms with Gasteiger partial charge in [-0.25, -0.2) is 9.07 Å². The normalized spacial score (nSPS) is 12.6.